The van der Waals surface area contributed by atoms with Crippen LogP contribution in [0.25, 0.3) is 16.7 Å². The summed E-state index contributed by atoms with van der Waals surface area (Å²) >= 11 is 0. The summed E-state index contributed by atoms with van der Waals surface area (Å²) in [5.74, 6) is -0.201. The zero-order valence-electron chi connectivity index (χ0n) is 12.0. The van der Waals surface area contributed by atoms with Gasteiger partial charge in [-0.2, -0.15) is 4.98 Å². The minimum absolute atomic E-state index is 0.201. The van der Waals surface area contributed by atoms with Crippen LogP contribution < -0.4 is 4.90 Å². The molecule has 0 amide bonds. The molecule has 1 aliphatic heterocycles. The first kappa shape index (κ1) is 13.1. The Bertz CT molecular complexity index is 803. The monoisotopic (exact) mass is 294 g/mol. The van der Waals surface area contributed by atoms with Gasteiger partial charge in [0, 0.05) is 13.1 Å². The highest BCUT2D eigenvalue weighted by Crippen LogP contribution is 2.27. The average Bonchev–Trinajstić information content (AvgIpc) is 3.00. The summed E-state index contributed by atoms with van der Waals surface area (Å²) in [6, 6.07) is 15.1. The summed E-state index contributed by atoms with van der Waals surface area (Å²) in [5.41, 5.74) is 4.02. The quantitative estimate of drug-likeness (QED) is 0.707. The molecule has 0 spiro atoms. The molecule has 22 heavy (non-hydrogen) atoms. The minimum Gasteiger partial charge on any atom is -0.423 e. The number of hydrogen-bond donors (Lipinski definition) is 0. The van der Waals surface area contributed by atoms with E-state index in [0.717, 1.165) is 36.2 Å². The summed E-state index contributed by atoms with van der Waals surface area (Å²) in [7, 11) is 0. The Morgan fingerprint density at radius 3 is 2.59 bits per heavy atom. The highest BCUT2D eigenvalue weighted by Gasteiger charge is 2.18. The van der Waals surface area contributed by atoms with Gasteiger partial charge in [-0.15, -0.1) is 0 Å². The molecular formula is C18H15FN2O. The van der Waals surface area contributed by atoms with Crippen molar-refractivity contribution in [1.29, 1.82) is 0 Å². The lowest BCUT2D eigenvalue weighted by molar-refractivity contribution is 0.574. The average molecular weight is 294 g/mol. The van der Waals surface area contributed by atoms with Crippen LogP contribution in [0.4, 0.5) is 10.4 Å². The maximum atomic E-state index is 13.0. The molecule has 0 saturated heterocycles. The third kappa shape index (κ3) is 2.37. The standard InChI is InChI=1S/C18H15FN2O/c19-15-7-5-13(6-8-15)14-9-11-21(12-10-14)18-20-16-3-1-2-4-17(16)22-18/h1-9H,10-12H2. The maximum absolute atomic E-state index is 13.0. The number of hydrogen-bond acceptors (Lipinski definition) is 3. The molecule has 0 bridgehead atoms. The van der Waals surface area contributed by atoms with Crippen LogP contribution >= 0.6 is 0 Å². The number of anilines is 1. The van der Waals surface area contributed by atoms with E-state index in [1.165, 1.54) is 17.7 Å². The van der Waals surface area contributed by atoms with Crippen molar-refractivity contribution in [2.24, 2.45) is 0 Å². The Hall–Kier alpha value is -2.62. The van der Waals surface area contributed by atoms with Crippen LogP contribution in [0.2, 0.25) is 0 Å². The highest BCUT2D eigenvalue weighted by atomic mass is 19.1. The van der Waals surface area contributed by atoms with E-state index in [1.807, 2.05) is 36.4 Å². The van der Waals surface area contributed by atoms with Crippen molar-refractivity contribution in [1.82, 2.24) is 4.98 Å². The molecule has 0 aliphatic carbocycles. The van der Waals surface area contributed by atoms with Crippen molar-refractivity contribution >= 4 is 22.7 Å². The first-order valence-electron chi connectivity index (χ1n) is 7.35. The number of halogens is 1. The summed E-state index contributed by atoms with van der Waals surface area (Å²) in [5, 5.41) is 0. The van der Waals surface area contributed by atoms with Crippen LogP contribution in [-0.4, -0.2) is 18.1 Å². The largest absolute Gasteiger partial charge is 0.423 e. The molecule has 1 aromatic heterocycles. The SMILES string of the molecule is Fc1ccc(C2=CCN(c3nc4ccccc4o3)CC2)cc1. The van der Waals surface area contributed by atoms with Gasteiger partial charge in [0.05, 0.1) is 0 Å². The molecular weight excluding hydrogens is 279 g/mol. The lowest BCUT2D eigenvalue weighted by Gasteiger charge is -2.25. The molecule has 4 rings (SSSR count). The molecule has 110 valence electrons. The molecule has 0 saturated carbocycles. The number of aromatic nitrogens is 1. The third-order valence-corrected chi connectivity index (χ3v) is 3.98. The second-order valence-corrected chi connectivity index (χ2v) is 5.40. The van der Waals surface area contributed by atoms with E-state index in [0.29, 0.717) is 6.01 Å². The fourth-order valence-corrected chi connectivity index (χ4v) is 2.76. The molecule has 0 unspecified atom stereocenters. The van der Waals surface area contributed by atoms with Crippen LogP contribution in [0.15, 0.2) is 59.0 Å². The van der Waals surface area contributed by atoms with Crippen molar-refractivity contribution in [2.75, 3.05) is 18.0 Å². The number of para-hydroxylation sites is 2. The Labute approximate surface area is 127 Å². The van der Waals surface area contributed by atoms with Crippen LogP contribution in [0, 0.1) is 5.82 Å². The van der Waals surface area contributed by atoms with Crippen LogP contribution in [0.5, 0.6) is 0 Å². The Morgan fingerprint density at radius 1 is 1.05 bits per heavy atom. The fourth-order valence-electron chi connectivity index (χ4n) is 2.76. The number of rotatable bonds is 2. The number of nitrogens with zero attached hydrogens (tertiary/aromatic N) is 2. The summed E-state index contributed by atoms with van der Waals surface area (Å²) in [6.45, 7) is 1.59. The van der Waals surface area contributed by atoms with Crippen LogP contribution in [0.1, 0.15) is 12.0 Å². The lowest BCUT2D eigenvalue weighted by Crippen LogP contribution is -2.28. The van der Waals surface area contributed by atoms with Gasteiger partial charge in [-0.05, 0) is 41.8 Å². The maximum Gasteiger partial charge on any atom is 0.298 e. The van der Waals surface area contributed by atoms with Crippen molar-refractivity contribution in [2.45, 2.75) is 6.42 Å². The van der Waals surface area contributed by atoms with Gasteiger partial charge in [-0.3, -0.25) is 0 Å². The molecule has 0 atom stereocenters. The predicted molar refractivity (Wildman–Crippen MR) is 85.2 cm³/mol. The van der Waals surface area contributed by atoms with Gasteiger partial charge < -0.3 is 9.32 Å². The first-order chi connectivity index (χ1) is 10.8. The van der Waals surface area contributed by atoms with Crippen LogP contribution in [0.3, 0.4) is 0 Å². The molecule has 2 aromatic carbocycles. The topological polar surface area (TPSA) is 29.3 Å². The normalized spacial score (nSPS) is 15.1. The van der Waals surface area contributed by atoms with Gasteiger partial charge in [-0.1, -0.05) is 30.3 Å². The zero-order chi connectivity index (χ0) is 14.9. The van der Waals surface area contributed by atoms with Crippen LogP contribution in [-0.2, 0) is 0 Å². The number of fused-ring (bicyclic) bond motifs is 1. The zero-order valence-corrected chi connectivity index (χ0v) is 12.0. The molecule has 0 N–H and O–H groups in total. The van der Waals surface area contributed by atoms with E-state index < -0.39 is 0 Å². The number of benzene rings is 2. The van der Waals surface area contributed by atoms with Crippen molar-refractivity contribution in [3.05, 3.63) is 66.0 Å². The molecule has 4 heteroatoms. The third-order valence-electron chi connectivity index (χ3n) is 3.98. The summed E-state index contributed by atoms with van der Waals surface area (Å²) in [4.78, 5) is 6.64. The highest BCUT2D eigenvalue weighted by molar-refractivity contribution is 5.75. The second kappa shape index (κ2) is 5.30. The van der Waals surface area contributed by atoms with E-state index in [1.54, 1.807) is 0 Å². The van der Waals surface area contributed by atoms with Gasteiger partial charge in [0.25, 0.3) is 6.01 Å². The van der Waals surface area contributed by atoms with E-state index in [4.69, 9.17) is 4.42 Å². The molecule has 1 aliphatic rings. The van der Waals surface area contributed by atoms with E-state index in [-0.39, 0.29) is 5.82 Å². The van der Waals surface area contributed by atoms with E-state index in [2.05, 4.69) is 16.0 Å². The predicted octanol–water partition coefficient (Wildman–Crippen LogP) is 4.26. The molecule has 3 aromatic rings. The first-order valence-corrected chi connectivity index (χ1v) is 7.35. The lowest BCUT2D eigenvalue weighted by atomic mass is 10.00. The van der Waals surface area contributed by atoms with Gasteiger partial charge >= 0.3 is 0 Å². The van der Waals surface area contributed by atoms with Crippen molar-refractivity contribution in [3.63, 3.8) is 0 Å². The Morgan fingerprint density at radius 2 is 1.86 bits per heavy atom. The van der Waals surface area contributed by atoms with Gasteiger partial charge in [0.15, 0.2) is 5.58 Å². The van der Waals surface area contributed by atoms with Crippen molar-refractivity contribution in [3.8, 4) is 0 Å². The smallest absolute Gasteiger partial charge is 0.298 e. The summed E-state index contributed by atoms with van der Waals surface area (Å²) < 4.78 is 18.8. The van der Waals surface area contributed by atoms with Gasteiger partial charge in [0.2, 0.25) is 0 Å². The molecule has 2 heterocycles. The Balaban J connectivity index is 1.56. The van der Waals surface area contributed by atoms with E-state index in [9.17, 15) is 4.39 Å². The second-order valence-electron chi connectivity index (χ2n) is 5.40. The van der Waals surface area contributed by atoms with Crippen molar-refractivity contribution < 1.29 is 8.81 Å². The summed E-state index contributed by atoms with van der Waals surface area (Å²) in [6.07, 6.45) is 3.05. The van der Waals surface area contributed by atoms with Gasteiger partial charge in [-0.25, -0.2) is 4.39 Å². The molecule has 0 radical (unpaired) electrons. The molecule has 0 fully saturated rings. The minimum atomic E-state index is -0.201. The van der Waals surface area contributed by atoms with Gasteiger partial charge in [0.1, 0.15) is 11.3 Å². The fraction of sp³-hybridized carbons (Fsp3) is 0.167. The Kier molecular flexibility index (Phi) is 3.15. The number of oxazole rings is 1. The van der Waals surface area contributed by atoms with E-state index >= 15 is 0 Å². The molecule has 3 nitrogen and oxygen atoms in total.